The molecular formula is C14H16N4O2. The molecule has 0 spiro atoms. The molecule has 3 N–H and O–H groups in total. The number of likely N-dealkylation sites (tertiary alicyclic amines) is 1. The van der Waals surface area contributed by atoms with E-state index in [2.05, 4.69) is 5.16 Å². The van der Waals surface area contributed by atoms with Gasteiger partial charge >= 0.3 is 0 Å². The van der Waals surface area contributed by atoms with Gasteiger partial charge in [0.2, 0.25) is 6.10 Å². The Labute approximate surface area is 116 Å². The van der Waals surface area contributed by atoms with Gasteiger partial charge in [-0.15, -0.1) is 0 Å². The first kappa shape index (κ1) is 12.7. The Morgan fingerprint density at radius 3 is 2.55 bits per heavy atom. The highest BCUT2D eigenvalue weighted by molar-refractivity contribution is 6.05. The van der Waals surface area contributed by atoms with Crippen molar-refractivity contribution in [2.24, 2.45) is 10.9 Å². The molecule has 1 amide bonds. The summed E-state index contributed by atoms with van der Waals surface area (Å²) in [5.74, 6) is 0.0577. The van der Waals surface area contributed by atoms with Crippen LogP contribution < -0.4 is 5.73 Å². The Morgan fingerprint density at radius 2 is 2.05 bits per heavy atom. The summed E-state index contributed by atoms with van der Waals surface area (Å²) < 4.78 is 0. The molecule has 1 saturated heterocycles. The Balaban J connectivity index is 1.70. The first-order chi connectivity index (χ1) is 9.65. The number of hydrogen-bond acceptors (Lipinski definition) is 4. The smallest absolute Gasteiger partial charge is 0.261 e. The Bertz CT molecular complexity index is 575. The number of benzene rings is 1. The van der Waals surface area contributed by atoms with E-state index in [1.54, 1.807) is 0 Å². The molecule has 6 nitrogen and oxygen atoms in total. The van der Waals surface area contributed by atoms with Crippen molar-refractivity contribution >= 4 is 17.5 Å². The lowest BCUT2D eigenvalue weighted by molar-refractivity contribution is -0.127. The molecule has 0 aromatic heterocycles. The maximum atomic E-state index is 11.0. The van der Waals surface area contributed by atoms with Gasteiger partial charge in [-0.2, -0.15) is 0 Å². The Morgan fingerprint density at radius 1 is 1.35 bits per heavy atom. The number of amidine groups is 1. The summed E-state index contributed by atoms with van der Waals surface area (Å²) >= 11 is 0. The number of rotatable bonds is 3. The summed E-state index contributed by atoms with van der Waals surface area (Å²) in [6.07, 6.45) is 0.894. The minimum Gasteiger partial charge on any atom is -0.382 e. The first-order valence-corrected chi connectivity index (χ1v) is 6.61. The molecule has 2 aliphatic heterocycles. The number of carbonyl (C=O) groups is 1. The number of nitrogens with zero attached hydrogens (tertiary/aromatic N) is 2. The largest absolute Gasteiger partial charge is 0.382 e. The van der Waals surface area contributed by atoms with Crippen molar-refractivity contribution < 1.29 is 9.63 Å². The van der Waals surface area contributed by atoms with Crippen molar-refractivity contribution in [3.05, 3.63) is 35.4 Å². The second-order valence-electron chi connectivity index (χ2n) is 5.01. The lowest BCUT2D eigenvalue weighted by atomic mass is 10.0. The maximum Gasteiger partial charge on any atom is 0.261 e. The van der Waals surface area contributed by atoms with E-state index >= 15 is 0 Å². The van der Waals surface area contributed by atoms with E-state index in [1.807, 2.05) is 29.2 Å². The van der Waals surface area contributed by atoms with Gasteiger partial charge in [-0.25, -0.2) is 0 Å². The lowest BCUT2D eigenvalue weighted by Gasteiger charge is -2.33. The molecule has 2 heterocycles. The second-order valence-corrected chi connectivity index (χ2v) is 5.01. The Hall–Kier alpha value is -2.37. The van der Waals surface area contributed by atoms with Gasteiger partial charge in [-0.1, -0.05) is 29.4 Å². The van der Waals surface area contributed by atoms with Crippen LogP contribution in [-0.2, 0) is 9.63 Å². The number of hydrogen-bond donors (Lipinski definition) is 2. The van der Waals surface area contributed by atoms with Gasteiger partial charge in [0, 0.05) is 25.1 Å². The van der Waals surface area contributed by atoms with Crippen molar-refractivity contribution in [3.8, 4) is 0 Å². The molecular weight excluding hydrogens is 256 g/mol. The Kier molecular flexibility index (Phi) is 3.14. The fraction of sp³-hybridized carbons (Fsp3) is 0.357. The maximum absolute atomic E-state index is 11.0. The van der Waals surface area contributed by atoms with Crippen LogP contribution in [0.25, 0.3) is 0 Å². The van der Waals surface area contributed by atoms with Gasteiger partial charge < -0.3 is 15.5 Å². The van der Waals surface area contributed by atoms with Crippen molar-refractivity contribution in [1.82, 2.24) is 4.90 Å². The van der Waals surface area contributed by atoms with E-state index < -0.39 is 12.0 Å². The number of nitrogens with two attached hydrogens (primary N) is 1. The SMILES string of the molecule is N=C(c1ccc(C2=NOC(C(N)=O)C2)cc1)N1CCC1. The third kappa shape index (κ3) is 2.24. The zero-order valence-electron chi connectivity index (χ0n) is 11.0. The number of oxime groups is 1. The van der Waals surface area contributed by atoms with Crippen LogP contribution in [-0.4, -0.2) is 41.5 Å². The summed E-state index contributed by atoms with van der Waals surface area (Å²) in [7, 11) is 0. The molecule has 0 bridgehead atoms. The molecule has 0 saturated carbocycles. The van der Waals surface area contributed by atoms with Gasteiger partial charge in [-0.05, 0) is 12.0 Å². The quantitative estimate of drug-likeness (QED) is 0.626. The zero-order chi connectivity index (χ0) is 14.1. The third-order valence-electron chi connectivity index (χ3n) is 3.65. The molecule has 2 aliphatic rings. The van der Waals surface area contributed by atoms with Crippen LogP contribution in [0.4, 0.5) is 0 Å². The highest BCUT2D eigenvalue weighted by Crippen LogP contribution is 2.18. The van der Waals surface area contributed by atoms with Gasteiger partial charge in [0.1, 0.15) is 5.84 Å². The van der Waals surface area contributed by atoms with Gasteiger partial charge in [0.25, 0.3) is 5.91 Å². The molecule has 1 fully saturated rings. The van der Waals surface area contributed by atoms with E-state index in [0.29, 0.717) is 12.3 Å². The molecule has 1 aromatic rings. The van der Waals surface area contributed by atoms with Crippen LogP contribution in [0.5, 0.6) is 0 Å². The predicted molar refractivity (Wildman–Crippen MR) is 74.7 cm³/mol. The van der Waals surface area contributed by atoms with Crippen LogP contribution in [0, 0.1) is 5.41 Å². The fourth-order valence-electron chi connectivity index (χ4n) is 2.24. The van der Waals surface area contributed by atoms with Crippen LogP contribution in [0.3, 0.4) is 0 Å². The average Bonchev–Trinajstić information content (AvgIpc) is 2.86. The highest BCUT2D eigenvalue weighted by atomic mass is 16.6. The van der Waals surface area contributed by atoms with Gasteiger partial charge in [-0.3, -0.25) is 10.2 Å². The average molecular weight is 272 g/mol. The fourth-order valence-corrected chi connectivity index (χ4v) is 2.24. The first-order valence-electron chi connectivity index (χ1n) is 6.61. The van der Waals surface area contributed by atoms with Crippen LogP contribution in [0.15, 0.2) is 29.4 Å². The van der Waals surface area contributed by atoms with E-state index in [9.17, 15) is 4.79 Å². The molecule has 1 aromatic carbocycles. The summed E-state index contributed by atoms with van der Waals surface area (Å²) in [6.45, 7) is 1.92. The number of carbonyl (C=O) groups excluding carboxylic acids is 1. The van der Waals surface area contributed by atoms with E-state index in [1.165, 1.54) is 0 Å². The second kappa shape index (κ2) is 4.96. The highest BCUT2D eigenvalue weighted by Gasteiger charge is 2.27. The minimum atomic E-state index is -0.663. The molecule has 104 valence electrons. The number of primary amides is 1. The van der Waals surface area contributed by atoms with Gasteiger partial charge in [0.05, 0.1) is 5.71 Å². The standard InChI is InChI=1S/C14H16N4O2/c15-13(18-6-1-7-18)10-4-2-9(3-5-10)11-8-12(14(16)19)20-17-11/h2-5,12,15H,1,6-8H2,(H2,16,19). The van der Waals surface area contributed by atoms with Crippen molar-refractivity contribution in [1.29, 1.82) is 5.41 Å². The van der Waals surface area contributed by atoms with Crippen molar-refractivity contribution in [2.45, 2.75) is 18.9 Å². The monoisotopic (exact) mass is 272 g/mol. The molecule has 6 heteroatoms. The third-order valence-corrected chi connectivity index (χ3v) is 3.65. The predicted octanol–water partition coefficient (Wildman–Crippen LogP) is 0.696. The molecule has 0 aliphatic carbocycles. The van der Waals surface area contributed by atoms with Crippen LogP contribution >= 0.6 is 0 Å². The van der Waals surface area contributed by atoms with Gasteiger partial charge in [0.15, 0.2) is 0 Å². The zero-order valence-corrected chi connectivity index (χ0v) is 11.0. The minimum absolute atomic E-state index is 0.401. The number of amides is 1. The van der Waals surface area contributed by atoms with E-state index in [0.717, 1.165) is 36.3 Å². The normalized spacial score (nSPS) is 20.9. The summed E-state index contributed by atoms with van der Waals surface area (Å²) in [6, 6.07) is 7.59. The van der Waals surface area contributed by atoms with Crippen LogP contribution in [0.2, 0.25) is 0 Å². The van der Waals surface area contributed by atoms with Crippen molar-refractivity contribution in [3.63, 3.8) is 0 Å². The number of nitrogens with one attached hydrogen (secondary N) is 1. The lowest BCUT2D eigenvalue weighted by Crippen LogP contribution is -2.42. The van der Waals surface area contributed by atoms with E-state index in [4.69, 9.17) is 16.0 Å². The molecule has 1 unspecified atom stereocenters. The molecule has 20 heavy (non-hydrogen) atoms. The molecule has 3 rings (SSSR count). The molecule has 1 atom stereocenters. The topological polar surface area (TPSA) is 91.8 Å². The summed E-state index contributed by atoms with van der Waals surface area (Å²) in [5, 5.41) is 12.0. The summed E-state index contributed by atoms with van der Waals surface area (Å²) in [5.41, 5.74) is 7.69. The van der Waals surface area contributed by atoms with E-state index in [-0.39, 0.29) is 0 Å². The van der Waals surface area contributed by atoms with Crippen LogP contribution in [0.1, 0.15) is 24.0 Å². The molecule has 0 radical (unpaired) electrons. The summed E-state index contributed by atoms with van der Waals surface area (Å²) in [4.78, 5) is 18.0. The van der Waals surface area contributed by atoms with Crippen molar-refractivity contribution in [2.75, 3.05) is 13.1 Å².